The molecule has 2 aliphatic carbocycles. The summed E-state index contributed by atoms with van der Waals surface area (Å²) < 4.78 is 5.27. The van der Waals surface area contributed by atoms with Crippen molar-refractivity contribution in [1.82, 2.24) is 15.1 Å². The van der Waals surface area contributed by atoms with Crippen molar-refractivity contribution in [2.45, 2.75) is 122 Å². The lowest BCUT2D eigenvalue weighted by Crippen LogP contribution is -2.38. The Labute approximate surface area is 342 Å². The average molecular weight is 774 g/mol. The minimum Gasteiger partial charge on any atom is -0.497 e. The second-order valence-electron chi connectivity index (χ2n) is 17.1. The number of nitrogens with zero attached hydrogens (tertiary/aromatic N) is 2. The second-order valence-corrected chi connectivity index (χ2v) is 17.1. The predicted octanol–water partition coefficient (Wildman–Crippen LogP) is 10.7. The maximum absolute atomic E-state index is 12.5. The van der Waals surface area contributed by atoms with E-state index in [-0.39, 0.29) is 5.91 Å². The first-order valence-corrected chi connectivity index (χ1v) is 21.9. The summed E-state index contributed by atoms with van der Waals surface area (Å²) in [4.78, 5) is 28.8. The Balaban J connectivity index is 0.000000203. The van der Waals surface area contributed by atoms with Crippen molar-refractivity contribution in [3.63, 3.8) is 0 Å². The van der Waals surface area contributed by atoms with E-state index in [1.165, 1.54) is 98.6 Å². The van der Waals surface area contributed by atoms with E-state index in [0.29, 0.717) is 30.5 Å². The van der Waals surface area contributed by atoms with E-state index in [2.05, 4.69) is 77.5 Å². The first-order valence-electron chi connectivity index (χ1n) is 21.9. The molecular formula is C50H67N3O4. The quantitative estimate of drug-likeness (QED) is 0.189. The summed E-state index contributed by atoms with van der Waals surface area (Å²) in [6.07, 6.45) is 19.7. The zero-order chi connectivity index (χ0) is 40.0. The number of hydrogen-bond donors (Lipinski definition) is 2. The number of rotatable bonds is 11. The van der Waals surface area contributed by atoms with Gasteiger partial charge in [0.15, 0.2) is 0 Å². The monoisotopic (exact) mass is 774 g/mol. The molecule has 57 heavy (non-hydrogen) atoms. The number of aliphatic carboxylic acids is 1. The summed E-state index contributed by atoms with van der Waals surface area (Å²) in [5.41, 5.74) is 8.99. The van der Waals surface area contributed by atoms with Crippen molar-refractivity contribution < 1.29 is 19.4 Å². The van der Waals surface area contributed by atoms with Crippen molar-refractivity contribution in [2.24, 2.45) is 11.8 Å². The normalized spacial score (nSPS) is 21.7. The van der Waals surface area contributed by atoms with E-state index in [1.807, 2.05) is 30.3 Å². The van der Waals surface area contributed by atoms with Crippen LogP contribution in [0.15, 0.2) is 96.1 Å². The molecule has 7 rings (SSSR count). The molecule has 0 aromatic heterocycles. The van der Waals surface area contributed by atoms with Gasteiger partial charge in [0.1, 0.15) is 5.75 Å². The predicted molar refractivity (Wildman–Crippen MR) is 231 cm³/mol. The highest BCUT2D eigenvalue weighted by Gasteiger charge is 2.33. The number of carbonyl (C=O) groups excluding carboxylic acids is 1. The van der Waals surface area contributed by atoms with Gasteiger partial charge in [-0.2, -0.15) is 0 Å². The largest absolute Gasteiger partial charge is 0.497 e. The minimum atomic E-state index is -0.797. The van der Waals surface area contributed by atoms with E-state index >= 15 is 0 Å². The molecule has 2 heterocycles. The molecule has 7 heteroatoms. The maximum atomic E-state index is 12.5. The lowest BCUT2D eigenvalue weighted by Gasteiger charge is -2.41. The fourth-order valence-electron chi connectivity index (χ4n) is 9.81. The lowest BCUT2D eigenvalue weighted by atomic mass is 9.78. The Morgan fingerprint density at radius 2 is 1.14 bits per heavy atom. The molecule has 4 aliphatic rings. The number of carbonyl (C=O) groups is 2. The van der Waals surface area contributed by atoms with Gasteiger partial charge in [0.25, 0.3) is 0 Å². The highest BCUT2D eigenvalue weighted by molar-refractivity contribution is 5.88. The third-order valence-corrected chi connectivity index (χ3v) is 12.9. The van der Waals surface area contributed by atoms with Crippen molar-refractivity contribution in [2.75, 3.05) is 33.3 Å². The van der Waals surface area contributed by atoms with Crippen LogP contribution in [0.25, 0.3) is 0 Å². The van der Waals surface area contributed by atoms with Crippen LogP contribution >= 0.6 is 0 Å². The highest BCUT2D eigenvalue weighted by Crippen LogP contribution is 2.42. The number of carboxylic acids is 1. The summed E-state index contributed by atoms with van der Waals surface area (Å²) in [6.45, 7) is 9.65. The summed E-state index contributed by atoms with van der Waals surface area (Å²) in [5, 5.41) is 12.0. The fraction of sp³-hybridized carbons (Fsp3) is 0.520. The van der Waals surface area contributed by atoms with E-state index in [9.17, 15) is 9.59 Å². The third kappa shape index (κ3) is 12.6. The van der Waals surface area contributed by atoms with Gasteiger partial charge >= 0.3 is 5.97 Å². The zero-order valence-electron chi connectivity index (χ0n) is 34.9. The molecule has 3 aromatic carbocycles. The molecule has 2 N–H and O–H groups in total. The first-order chi connectivity index (χ1) is 27.7. The molecule has 0 spiro atoms. The number of nitrogens with one attached hydrogen (secondary N) is 1. The molecule has 2 saturated carbocycles. The molecule has 0 radical (unpaired) electrons. The average Bonchev–Trinajstić information content (AvgIpc) is 3.24. The van der Waals surface area contributed by atoms with Crippen LogP contribution in [0.1, 0.15) is 130 Å². The van der Waals surface area contributed by atoms with Crippen LogP contribution in [-0.2, 0) is 16.1 Å². The summed E-state index contributed by atoms with van der Waals surface area (Å²) in [6, 6.07) is 27.1. The Morgan fingerprint density at radius 3 is 1.58 bits per heavy atom. The molecule has 3 aromatic rings. The standard InChI is InChI=1S/C29H38N2O2.C21H29NO2/c1-22-9-13-25(14-10-22)29(31-17-4-3-5-18-31)26-15-11-23(12-16-26)20-28(32)30-21-24-7-6-8-27(19-24)33-2;1-16-5-9-18(10-6-16)21(22-13-3-2-4-14-22)19-11-7-17(8-12-19)15-20(23)24/h6-10,13-14,19-20,26,29H,3-5,11-12,15-18,21H2,1-2H3,(H,30,32);5-6,9-10,15,19,21H,2-4,7-8,11-14H2,1H3,(H,23,24). The molecule has 1 amide bonds. The van der Waals surface area contributed by atoms with E-state index in [4.69, 9.17) is 9.84 Å². The molecule has 2 unspecified atom stereocenters. The van der Waals surface area contributed by atoms with Gasteiger partial charge < -0.3 is 15.2 Å². The Kier molecular flexibility index (Phi) is 16.0. The van der Waals surface area contributed by atoms with Gasteiger partial charge in [0, 0.05) is 30.8 Å². The Morgan fingerprint density at radius 1 is 0.684 bits per heavy atom. The van der Waals surface area contributed by atoms with E-state index < -0.39 is 5.97 Å². The molecule has 7 nitrogen and oxygen atoms in total. The summed E-state index contributed by atoms with van der Waals surface area (Å²) in [7, 11) is 1.66. The number of hydrogen-bond acceptors (Lipinski definition) is 5. The van der Waals surface area contributed by atoms with Gasteiger partial charge in [-0.15, -0.1) is 0 Å². The smallest absolute Gasteiger partial charge is 0.328 e. The third-order valence-electron chi connectivity index (χ3n) is 12.9. The van der Waals surface area contributed by atoms with Crippen LogP contribution in [0.2, 0.25) is 0 Å². The second kappa shape index (κ2) is 21.5. The topological polar surface area (TPSA) is 82.1 Å². The van der Waals surface area contributed by atoms with E-state index in [1.54, 1.807) is 7.11 Å². The molecular weight excluding hydrogens is 707 g/mol. The van der Waals surface area contributed by atoms with Crippen LogP contribution < -0.4 is 10.1 Å². The zero-order valence-corrected chi connectivity index (χ0v) is 34.9. The molecule has 2 atom stereocenters. The Bertz CT molecular complexity index is 1770. The molecule has 0 bridgehead atoms. The number of ether oxygens (including phenoxy) is 1. The Hall–Kier alpha value is -4.20. The molecule has 2 aliphatic heterocycles. The number of benzene rings is 3. The number of methoxy groups -OCH3 is 1. The van der Waals surface area contributed by atoms with E-state index in [0.717, 1.165) is 68.3 Å². The first kappa shape index (κ1) is 42.4. The van der Waals surface area contributed by atoms with Gasteiger partial charge in [-0.05, 0) is 158 Å². The van der Waals surface area contributed by atoms with Crippen molar-refractivity contribution in [3.05, 3.63) is 124 Å². The number of allylic oxidation sites excluding steroid dienone is 2. The SMILES string of the molecule is COc1cccc(CNC(=O)C=C2CCC(C(c3ccc(C)cc3)N3CCCCC3)CC2)c1.Cc1ccc(C(C2CCC(=CC(=O)O)CC2)N2CCCCC2)cc1. The van der Waals surface area contributed by atoms with Crippen molar-refractivity contribution in [3.8, 4) is 5.75 Å². The molecule has 306 valence electrons. The van der Waals surface area contributed by atoms with Crippen LogP contribution in [0.5, 0.6) is 5.75 Å². The van der Waals surface area contributed by atoms with Crippen LogP contribution in [-0.4, -0.2) is 60.1 Å². The van der Waals surface area contributed by atoms with Gasteiger partial charge in [-0.3, -0.25) is 14.6 Å². The van der Waals surface area contributed by atoms with Gasteiger partial charge in [-0.25, -0.2) is 4.79 Å². The van der Waals surface area contributed by atoms with Crippen molar-refractivity contribution in [1.29, 1.82) is 0 Å². The van der Waals surface area contributed by atoms with Crippen LogP contribution in [0.4, 0.5) is 0 Å². The minimum absolute atomic E-state index is 0.0115. The number of likely N-dealkylation sites (tertiary alicyclic amines) is 2. The van der Waals surface area contributed by atoms with Crippen molar-refractivity contribution >= 4 is 11.9 Å². The number of aryl methyl sites for hydroxylation is 2. The highest BCUT2D eigenvalue weighted by atomic mass is 16.5. The molecule has 4 fully saturated rings. The number of amides is 1. The van der Waals surface area contributed by atoms with Gasteiger partial charge in [0.2, 0.25) is 5.91 Å². The van der Waals surface area contributed by atoms with Gasteiger partial charge in [-0.1, -0.05) is 95.8 Å². The fourth-order valence-corrected chi connectivity index (χ4v) is 9.81. The van der Waals surface area contributed by atoms with Crippen LogP contribution in [0.3, 0.4) is 0 Å². The number of piperidine rings is 2. The number of carboxylic acid groups (broad SMARTS) is 1. The summed E-state index contributed by atoms with van der Waals surface area (Å²) in [5.74, 6) is 1.32. The van der Waals surface area contributed by atoms with Crippen LogP contribution in [0, 0.1) is 25.7 Å². The maximum Gasteiger partial charge on any atom is 0.328 e. The van der Waals surface area contributed by atoms with Gasteiger partial charge in [0.05, 0.1) is 7.11 Å². The lowest BCUT2D eigenvalue weighted by molar-refractivity contribution is -0.131. The summed E-state index contributed by atoms with van der Waals surface area (Å²) >= 11 is 0. The molecule has 2 saturated heterocycles.